The highest BCUT2D eigenvalue weighted by molar-refractivity contribution is 5.83. The molecule has 0 aromatic rings. The van der Waals surface area contributed by atoms with Gasteiger partial charge in [-0.1, -0.05) is 55.4 Å². The Morgan fingerprint density at radius 2 is 0.562 bits per heavy atom. The number of nitrogens with one attached hydrogen (secondary N) is 4. The fourth-order valence-corrected chi connectivity index (χ4v) is 13.8. The van der Waals surface area contributed by atoms with Gasteiger partial charge in [-0.25, -0.2) is 0 Å². The van der Waals surface area contributed by atoms with Crippen molar-refractivity contribution >= 4 is 22.8 Å². The van der Waals surface area contributed by atoms with E-state index in [2.05, 4.69) is 159 Å². The molecule has 8 fully saturated rings. The van der Waals surface area contributed by atoms with Crippen LogP contribution in [0.25, 0.3) is 0 Å². The second-order valence-corrected chi connectivity index (χ2v) is 33.3. The summed E-state index contributed by atoms with van der Waals surface area (Å²) in [5, 5.41) is 53.6. The van der Waals surface area contributed by atoms with Gasteiger partial charge < -0.3 is 79.6 Å². The second kappa shape index (κ2) is 68.5. The van der Waals surface area contributed by atoms with Crippen LogP contribution in [0.15, 0.2) is 20.0 Å². The van der Waals surface area contributed by atoms with Gasteiger partial charge in [0.2, 0.25) is 0 Å². The van der Waals surface area contributed by atoms with Crippen molar-refractivity contribution in [2.45, 2.75) is 172 Å². The van der Waals surface area contributed by atoms with E-state index in [0.29, 0.717) is 116 Å². The summed E-state index contributed by atoms with van der Waals surface area (Å²) < 4.78 is 42.5. The lowest BCUT2D eigenvalue weighted by Gasteiger charge is -2.35. The minimum Gasteiger partial charge on any atom is -0.389 e. The zero-order valence-corrected chi connectivity index (χ0v) is 73.8. The molecule has 8 heterocycles. The number of β-amino-alcohol motifs (C(OH)–C–C–N with tert-alkyl or cyclic N) is 4. The summed E-state index contributed by atoms with van der Waals surface area (Å²) >= 11 is 0. The molecule has 6 atom stereocenters. The van der Waals surface area contributed by atoms with Gasteiger partial charge in [0.25, 0.3) is 0 Å². The van der Waals surface area contributed by atoms with Crippen molar-refractivity contribution in [2.75, 3.05) is 328 Å². The lowest BCUT2D eigenvalue weighted by atomic mass is 10.1. The Hall–Kier alpha value is -2.28. The quantitative estimate of drug-likeness (QED) is 0.0243. The largest absolute Gasteiger partial charge is 0.389 e. The Labute approximate surface area is 682 Å². The van der Waals surface area contributed by atoms with E-state index >= 15 is 0 Å². The number of ether oxygens (including phenoxy) is 8. The first kappa shape index (κ1) is 104. The smallest absolute Gasteiger partial charge is 0.104 e. The SMILES string of the molecule is C1CNCCN1.CC(CC(C)C)=NCCN1CCN(CC(O)COCCCOCC(O)CN2CCNCC2)CC1.CC(CC(C)C)=NCCN1CCN(CC(O)COCCCOCC2CO2)CC1.CC(CC(C)C)=NCCN1CCNCC1.CCOCC(O)CN1CCN(CCN=C(C)CC(C)C)CC1.CCOCC1CO1. The highest BCUT2D eigenvalue weighted by Gasteiger charge is 2.25. The molecular weight excluding hydrogens is 1430 g/mol. The Bertz CT molecular complexity index is 2270. The number of aliphatic imine (C=N–C) groups is 4. The summed E-state index contributed by atoms with van der Waals surface area (Å²) in [6.45, 7) is 75.2. The second-order valence-electron chi connectivity index (χ2n) is 33.3. The van der Waals surface area contributed by atoms with Gasteiger partial charge in [-0.2, -0.15) is 0 Å². The molecule has 0 amide bonds. The topological polar surface area (TPSA) is 285 Å². The van der Waals surface area contributed by atoms with E-state index in [1.54, 1.807) is 0 Å². The minimum absolute atomic E-state index is 0.324. The van der Waals surface area contributed by atoms with E-state index in [4.69, 9.17) is 42.9 Å². The summed E-state index contributed by atoms with van der Waals surface area (Å²) in [6.07, 6.45) is 5.11. The maximum Gasteiger partial charge on any atom is 0.104 e. The molecule has 0 aromatic carbocycles. The average Bonchev–Trinajstić information content (AvgIpc) is 1.52. The Balaban J connectivity index is 0.000000375. The maximum absolute atomic E-state index is 10.3. The van der Waals surface area contributed by atoms with Crippen molar-refractivity contribution in [1.82, 2.24) is 60.5 Å². The summed E-state index contributed by atoms with van der Waals surface area (Å²) in [6, 6.07) is 0. The molecule has 28 heteroatoms. The molecule has 0 saturated carbocycles. The third kappa shape index (κ3) is 62.8. The van der Waals surface area contributed by atoms with E-state index < -0.39 is 18.3 Å². The molecule has 0 bridgehead atoms. The Morgan fingerprint density at radius 1 is 0.330 bits per heavy atom. The van der Waals surface area contributed by atoms with Crippen LogP contribution in [0.3, 0.4) is 0 Å². The standard InChI is InChI=1S/C25H51N5O4.C21H41N3O4.C17H35N3O2.C12H25N3.C5H10O2.C4H10N2/c1-22(2)17-23(3)27-7-10-28-11-13-30(14-12-28)19-25(32)21-34-16-4-15-33-20-24(31)18-29-8-5-26-6-9-29;1-18(2)13-19(3)22-5-6-23-7-9-24(10-8-23)14-20(25)15-26-11-4-12-27-16-21-17-28-21;1-5-22-14-17(21)13-20-10-8-19(9-11-20)7-6-18-16(4)12-15(2)3;1-11(2)10-12(3)14-6-9-15-7-4-13-5-8-15;1-2-6-3-5-4-7-5;1-2-6-4-3-5-1/h22,24-26,31-32H,4-21H2,1-3H3;18,20-21,25H,4-17H2,1-3H3;15,17,21H,5-14H2,1-4H3;11,13H,4-10H2,1-3H3;5H,2-4H2,1H3;5-6H,1-4H2. The van der Waals surface area contributed by atoms with Crippen molar-refractivity contribution < 1.29 is 58.3 Å². The van der Waals surface area contributed by atoms with Crippen LogP contribution < -0.4 is 21.3 Å². The summed E-state index contributed by atoms with van der Waals surface area (Å²) in [5.74, 6) is 2.77. The van der Waals surface area contributed by atoms with Crippen LogP contribution in [0.4, 0.5) is 0 Å². The molecule has 0 radical (unpaired) electrons. The van der Waals surface area contributed by atoms with E-state index in [0.717, 1.165) is 274 Å². The molecule has 6 unspecified atom stereocenters. The molecular formula is C84H172N16O12. The molecule has 8 N–H and O–H groups in total. The van der Waals surface area contributed by atoms with Gasteiger partial charge in [-0.15, -0.1) is 0 Å². The maximum atomic E-state index is 10.3. The predicted molar refractivity (Wildman–Crippen MR) is 462 cm³/mol. The van der Waals surface area contributed by atoms with Crippen LogP contribution in [0.1, 0.15) is 135 Å². The molecule has 0 aliphatic carbocycles. The highest BCUT2D eigenvalue weighted by atomic mass is 16.6. The molecule has 8 saturated heterocycles. The fraction of sp³-hybridized carbons (Fsp3) is 0.952. The van der Waals surface area contributed by atoms with E-state index in [9.17, 15) is 20.4 Å². The van der Waals surface area contributed by atoms with Crippen molar-refractivity contribution in [3.63, 3.8) is 0 Å². The van der Waals surface area contributed by atoms with Gasteiger partial charge >= 0.3 is 0 Å². The normalized spacial score (nSPS) is 21.7. The van der Waals surface area contributed by atoms with Gasteiger partial charge in [0.1, 0.15) is 12.2 Å². The number of nitrogens with zero attached hydrogens (tertiary/aromatic N) is 12. The van der Waals surface area contributed by atoms with Crippen LogP contribution in [-0.2, 0) is 37.9 Å². The molecule has 0 aromatic heterocycles. The lowest BCUT2D eigenvalue weighted by molar-refractivity contribution is -0.0103. The molecule has 8 aliphatic heterocycles. The zero-order chi connectivity index (χ0) is 81.6. The molecule has 0 spiro atoms. The number of aliphatic hydroxyl groups excluding tert-OH is 4. The molecule has 8 aliphatic rings. The summed E-state index contributed by atoms with van der Waals surface area (Å²) in [7, 11) is 0. The van der Waals surface area contributed by atoms with Crippen LogP contribution in [0, 0.1) is 23.7 Å². The fourth-order valence-electron chi connectivity index (χ4n) is 13.8. The number of rotatable bonds is 50. The van der Waals surface area contributed by atoms with Gasteiger partial charge in [0, 0.05) is 272 Å². The number of aliphatic hydroxyl groups is 4. The zero-order valence-electron chi connectivity index (χ0n) is 73.8. The summed E-state index contributed by atoms with van der Waals surface area (Å²) in [5.41, 5.74) is 5.10. The Morgan fingerprint density at radius 3 is 0.830 bits per heavy atom. The number of hydrogen-bond acceptors (Lipinski definition) is 28. The Kier molecular flexibility index (Phi) is 63.5. The van der Waals surface area contributed by atoms with Crippen LogP contribution in [0.5, 0.6) is 0 Å². The van der Waals surface area contributed by atoms with E-state index in [-0.39, 0.29) is 6.10 Å². The minimum atomic E-state index is -0.461. The van der Waals surface area contributed by atoms with Crippen LogP contribution in [0.2, 0.25) is 0 Å². The number of epoxide rings is 2. The predicted octanol–water partition coefficient (Wildman–Crippen LogP) is 3.96. The van der Waals surface area contributed by atoms with Gasteiger partial charge in [-0.05, 0) is 104 Å². The van der Waals surface area contributed by atoms with Crippen LogP contribution >= 0.6 is 0 Å². The summed E-state index contributed by atoms with van der Waals surface area (Å²) in [4.78, 5) is 37.8. The van der Waals surface area contributed by atoms with Crippen molar-refractivity contribution in [2.24, 2.45) is 43.6 Å². The first-order valence-electron chi connectivity index (χ1n) is 44.1. The van der Waals surface area contributed by atoms with Gasteiger partial charge in [0.15, 0.2) is 0 Å². The monoisotopic (exact) mass is 1600 g/mol. The number of piperazine rings is 6. The van der Waals surface area contributed by atoms with Gasteiger partial charge in [-0.3, -0.25) is 59.2 Å². The van der Waals surface area contributed by atoms with Crippen LogP contribution in [-0.4, -0.2) is 447 Å². The molecule has 112 heavy (non-hydrogen) atoms. The molecule has 28 nitrogen and oxygen atoms in total. The van der Waals surface area contributed by atoms with Crippen molar-refractivity contribution in [3.05, 3.63) is 0 Å². The van der Waals surface area contributed by atoms with E-state index in [1.165, 1.54) is 35.9 Å². The molecule has 660 valence electrons. The third-order valence-electron chi connectivity index (χ3n) is 19.9. The number of hydrogen-bond donors (Lipinski definition) is 8. The molecule has 8 rings (SSSR count). The highest BCUT2D eigenvalue weighted by Crippen LogP contribution is 2.12. The van der Waals surface area contributed by atoms with E-state index in [1.807, 2.05) is 13.8 Å². The average molecular weight is 1600 g/mol. The first-order chi connectivity index (χ1) is 54.1. The first-order valence-corrected chi connectivity index (χ1v) is 44.1. The third-order valence-corrected chi connectivity index (χ3v) is 19.9. The van der Waals surface area contributed by atoms with Crippen molar-refractivity contribution in [3.8, 4) is 0 Å². The van der Waals surface area contributed by atoms with Gasteiger partial charge in [0.05, 0.1) is 103 Å². The lowest BCUT2D eigenvalue weighted by Crippen LogP contribution is -2.49. The van der Waals surface area contributed by atoms with Crippen molar-refractivity contribution in [1.29, 1.82) is 0 Å².